The number of para-hydroxylation sites is 2. The summed E-state index contributed by atoms with van der Waals surface area (Å²) in [5.41, 5.74) is -0.322. The first-order valence-electron chi connectivity index (χ1n) is 7.42. The molecule has 2 aromatic carbocycles. The monoisotopic (exact) mass is 392 g/mol. The lowest BCUT2D eigenvalue weighted by Crippen LogP contribution is -2.38. The van der Waals surface area contributed by atoms with Crippen molar-refractivity contribution in [2.45, 2.75) is 16.1 Å². The number of nitrogens with zero attached hydrogens (tertiary/aromatic N) is 2. The van der Waals surface area contributed by atoms with Crippen molar-refractivity contribution in [1.82, 2.24) is 9.55 Å². The van der Waals surface area contributed by atoms with Gasteiger partial charge in [0.05, 0.1) is 16.6 Å². The van der Waals surface area contributed by atoms with E-state index in [-0.39, 0.29) is 21.6 Å². The summed E-state index contributed by atoms with van der Waals surface area (Å²) in [7, 11) is 0. The van der Waals surface area contributed by atoms with E-state index in [4.69, 9.17) is 15.9 Å². The molecule has 6 nitrogen and oxygen atoms in total. The molecule has 3 aromatic rings. The van der Waals surface area contributed by atoms with Gasteiger partial charge in [-0.3, -0.25) is 15.4 Å². The minimum absolute atomic E-state index is 0.00426. The van der Waals surface area contributed by atoms with Crippen LogP contribution in [0.25, 0.3) is 11.0 Å². The highest BCUT2D eigenvalue weighted by Crippen LogP contribution is 2.26. The molecule has 0 atom stereocenters. The van der Waals surface area contributed by atoms with E-state index in [1.54, 1.807) is 6.07 Å². The number of fused-ring (bicyclic) bond motifs is 1. The van der Waals surface area contributed by atoms with Gasteiger partial charge in [-0.05, 0) is 36.4 Å². The average Bonchev–Trinajstić information content (AvgIpc) is 2.61. The fraction of sp³-hybridized carbons (Fsp3) is 0.0588. The maximum atomic E-state index is 13.1. The van der Waals surface area contributed by atoms with Crippen LogP contribution in [0, 0.1) is 10.8 Å². The highest BCUT2D eigenvalue weighted by atomic mass is 32.2. The highest BCUT2D eigenvalue weighted by molar-refractivity contribution is 7.99. The van der Waals surface area contributed by atoms with Crippen molar-refractivity contribution in [3.63, 3.8) is 0 Å². The number of nitrogens with one attached hydrogen (secondary N) is 2. The van der Waals surface area contributed by atoms with E-state index in [1.807, 2.05) is 0 Å². The van der Waals surface area contributed by atoms with Crippen molar-refractivity contribution in [2.24, 2.45) is 0 Å². The number of benzene rings is 2. The normalized spacial score (nSPS) is 11.5. The summed E-state index contributed by atoms with van der Waals surface area (Å²) in [4.78, 5) is 15.6. The summed E-state index contributed by atoms with van der Waals surface area (Å²) < 4.78 is 39.8. The highest BCUT2D eigenvalue weighted by Gasteiger charge is 2.37. The molecular weight excluding hydrogens is 381 g/mol. The number of aromatic nitrogens is 2. The molecule has 0 saturated carbocycles. The molecule has 0 spiro atoms. The topological polar surface area (TPSA) is 103 Å². The number of rotatable bonds is 3. The predicted octanol–water partition coefficient (Wildman–Crippen LogP) is 3.75. The van der Waals surface area contributed by atoms with Crippen LogP contribution in [-0.4, -0.2) is 32.6 Å². The quantitative estimate of drug-likeness (QED) is 0.466. The number of halogens is 3. The van der Waals surface area contributed by atoms with Crippen molar-refractivity contribution in [2.75, 3.05) is 0 Å². The third kappa shape index (κ3) is 3.70. The third-order valence-electron chi connectivity index (χ3n) is 3.58. The first kappa shape index (κ1) is 18.6. The smallest absolute Gasteiger partial charge is 0.449 e. The molecule has 3 rings (SSSR count). The molecule has 1 heterocycles. The second kappa shape index (κ2) is 6.88. The number of aromatic carboxylic acids is 1. The van der Waals surface area contributed by atoms with Crippen LogP contribution in [0.15, 0.2) is 58.5 Å². The van der Waals surface area contributed by atoms with Gasteiger partial charge in [-0.1, -0.05) is 23.9 Å². The fourth-order valence-corrected chi connectivity index (χ4v) is 3.16. The number of alkyl halides is 3. The van der Waals surface area contributed by atoms with Gasteiger partial charge in [0.15, 0.2) is 5.49 Å². The Balaban J connectivity index is 2.14. The molecule has 0 aliphatic carbocycles. The Kier molecular flexibility index (Phi) is 4.75. The average molecular weight is 392 g/mol. The van der Waals surface area contributed by atoms with Crippen LogP contribution in [-0.2, 0) is 0 Å². The van der Waals surface area contributed by atoms with Crippen molar-refractivity contribution < 1.29 is 23.1 Å². The molecule has 0 unspecified atom stereocenters. The standard InChI is InChI=1S/C17H11F3N4O2S/c18-17(19,20)16(22)24-12-4-2-1-3-11(12)23-14(13(24)21)27-10-7-5-9(6-8-10)15(25)26/h1-8,21-22H,(H,25,26). The zero-order valence-corrected chi connectivity index (χ0v) is 14.2. The van der Waals surface area contributed by atoms with Crippen LogP contribution in [0.1, 0.15) is 10.4 Å². The molecule has 0 radical (unpaired) electrons. The lowest BCUT2D eigenvalue weighted by molar-refractivity contribution is -0.0624. The van der Waals surface area contributed by atoms with E-state index in [0.717, 1.165) is 11.8 Å². The second-order valence-electron chi connectivity index (χ2n) is 5.37. The van der Waals surface area contributed by atoms with Gasteiger partial charge >= 0.3 is 12.1 Å². The Bertz CT molecular complexity index is 1110. The Labute approximate surface area is 154 Å². The number of carboxylic acids is 1. The third-order valence-corrected chi connectivity index (χ3v) is 4.56. The SMILES string of the molecule is N=C(n1c(=N)c(Sc2ccc(C(=O)O)cc2)nc2ccccc21)C(F)(F)F. The Morgan fingerprint density at radius 1 is 1.11 bits per heavy atom. The molecule has 0 amide bonds. The van der Waals surface area contributed by atoms with Crippen LogP contribution in [0.4, 0.5) is 13.2 Å². The number of hydrogen-bond donors (Lipinski definition) is 3. The number of carbonyl (C=O) groups is 1. The molecule has 0 saturated heterocycles. The molecule has 1 aromatic heterocycles. The van der Waals surface area contributed by atoms with E-state index in [0.29, 0.717) is 9.46 Å². The maximum Gasteiger partial charge on any atom is 0.449 e. The Morgan fingerprint density at radius 2 is 1.74 bits per heavy atom. The first-order chi connectivity index (χ1) is 12.7. The zero-order chi connectivity index (χ0) is 19.8. The van der Waals surface area contributed by atoms with Crippen LogP contribution in [0.2, 0.25) is 0 Å². The zero-order valence-electron chi connectivity index (χ0n) is 13.4. The van der Waals surface area contributed by atoms with Gasteiger partial charge in [-0.15, -0.1) is 0 Å². The molecule has 0 bridgehead atoms. The molecule has 3 N–H and O–H groups in total. The molecule has 27 heavy (non-hydrogen) atoms. The van der Waals surface area contributed by atoms with Crippen LogP contribution >= 0.6 is 11.8 Å². The van der Waals surface area contributed by atoms with E-state index < -0.39 is 23.5 Å². The van der Waals surface area contributed by atoms with Gasteiger partial charge in [-0.2, -0.15) is 13.2 Å². The lowest BCUT2D eigenvalue weighted by atomic mass is 10.2. The summed E-state index contributed by atoms with van der Waals surface area (Å²) in [6, 6.07) is 11.6. The van der Waals surface area contributed by atoms with Gasteiger partial charge in [0.1, 0.15) is 5.03 Å². The predicted molar refractivity (Wildman–Crippen MR) is 92.3 cm³/mol. The molecule has 0 aliphatic rings. The largest absolute Gasteiger partial charge is 0.478 e. The molecule has 0 aliphatic heterocycles. The summed E-state index contributed by atoms with van der Waals surface area (Å²) in [6.45, 7) is 0. The van der Waals surface area contributed by atoms with Crippen molar-refractivity contribution in [1.29, 1.82) is 10.8 Å². The van der Waals surface area contributed by atoms with Crippen LogP contribution < -0.4 is 5.49 Å². The number of carboxylic acid groups (broad SMARTS) is 1. The van der Waals surface area contributed by atoms with E-state index in [2.05, 4.69) is 4.98 Å². The summed E-state index contributed by atoms with van der Waals surface area (Å²) in [5.74, 6) is -2.79. The van der Waals surface area contributed by atoms with E-state index in [9.17, 15) is 18.0 Å². The Morgan fingerprint density at radius 3 is 2.33 bits per heavy atom. The summed E-state index contributed by atoms with van der Waals surface area (Å²) in [6.07, 6.45) is -4.93. The minimum Gasteiger partial charge on any atom is -0.478 e. The van der Waals surface area contributed by atoms with Gasteiger partial charge in [-0.25, -0.2) is 9.78 Å². The summed E-state index contributed by atoms with van der Waals surface area (Å²) >= 11 is 0.915. The van der Waals surface area contributed by atoms with Gasteiger partial charge in [0.2, 0.25) is 5.84 Å². The fourth-order valence-electron chi connectivity index (χ4n) is 2.33. The molecule has 0 fully saturated rings. The van der Waals surface area contributed by atoms with E-state index in [1.165, 1.54) is 42.5 Å². The summed E-state index contributed by atoms with van der Waals surface area (Å²) in [5, 5.41) is 24.5. The van der Waals surface area contributed by atoms with Gasteiger partial charge < -0.3 is 5.11 Å². The minimum atomic E-state index is -4.93. The number of hydrogen-bond acceptors (Lipinski definition) is 5. The van der Waals surface area contributed by atoms with Crippen molar-refractivity contribution >= 4 is 34.6 Å². The van der Waals surface area contributed by atoms with Gasteiger partial charge in [0, 0.05) is 4.90 Å². The van der Waals surface area contributed by atoms with E-state index >= 15 is 0 Å². The molecule has 138 valence electrons. The molecule has 10 heteroatoms. The van der Waals surface area contributed by atoms with Crippen LogP contribution in [0.5, 0.6) is 0 Å². The Hall–Kier alpha value is -3.14. The van der Waals surface area contributed by atoms with Crippen molar-refractivity contribution in [3.05, 3.63) is 59.6 Å². The maximum absolute atomic E-state index is 13.1. The molecular formula is C17H11F3N4O2S. The lowest BCUT2D eigenvalue weighted by Gasteiger charge is -2.16. The second-order valence-corrected chi connectivity index (χ2v) is 6.43. The van der Waals surface area contributed by atoms with Gasteiger partial charge in [0.25, 0.3) is 0 Å². The van der Waals surface area contributed by atoms with Crippen LogP contribution in [0.3, 0.4) is 0 Å². The van der Waals surface area contributed by atoms with Crippen molar-refractivity contribution in [3.8, 4) is 0 Å². The first-order valence-corrected chi connectivity index (χ1v) is 8.24.